The summed E-state index contributed by atoms with van der Waals surface area (Å²) >= 11 is 0. The molecular formula is C19H15N3O. The van der Waals surface area contributed by atoms with Crippen LogP contribution >= 0.6 is 0 Å². The van der Waals surface area contributed by atoms with E-state index in [9.17, 15) is 0 Å². The Morgan fingerprint density at radius 2 is 1.65 bits per heavy atom. The normalized spacial score (nSPS) is 10.8. The molecule has 2 heterocycles. The molecule has 4 rings (SSSR count). The Kier molecular flexibility index (Phi) is 3.27. The maximum atomic E-state index is 5.63. The number of aromatic nitrogens is 3. The Bertz CT molecular complexity index is 943. The summed E-state index contributed by atoms with van der Waals surface area (Å²) in [6.45, 7) is 0. The van der Waals surface area contributed by atoms with E-state index < -0.39 is 0 Å². The summed E-state index contributed by atoms with van der Waals surface area (Å²) in [5.41, 5.74) is 3.28. The van der Waals surface area contributed by atoms with Gasteiger partial charge in [-0.25, -0.2) is 9.97 Å². The molecule has 0 amide bonds. The fourth-order valence-corrected chi connectivity index (χ4v) is 2.66. The molecule has 2 aromatic carbocycles. The van der Waals surface area contributed by atoms with E-state index in [1.165, 1.54) is 10.9 Å². The van der Waals surface area contributed by atoms with Gasteiger partial charge in [-0.2, -0.15) is 0 Å². The monoisotopic (exact) mass is 301 g/mol. The first-order chi connectivity index (χ1) is 11.3. The van der Waals surface area contributed by atoms with E-state index in [-0.39, 0.29) is 0 Å². The Morgan fingerprint density at radius 1 is 0.870 bits per heavy atom. The average molecular weight is 301 g/mol. The first-order valence-corrected chi connectivity index (χ1v) is 7.40. The molecule has 0 spiro atoms. The SMILES string of the molecule is Cn1ccc2c(-c3cnc(Oc4ccccc4)nc3)cccc21. The Morgan fingerprint density at radius 3 is 2.43 bits per heavy atom. The van der Waals surface area contributed by atoms with Gasteiger partial charge in [0.05, 0.1) is 0 Å². The Balaban J connectivity index is 1.67. The second-order valence-corrected chi connectivity index (χ2v) is 5.33. The zero-order valence-electron chi connectivity index (χ0n) is 12.7. The number of fused-ring (bicyclic) bond motifs is 1. The zero-order valence-corrected chi connectivity index (χ0v) is 12.7. The number of para-hydroxylation sites is 1. The van der Waals surface area contributed by atoms with Crippen LogP contribution in [0.1, 0.15) is 0 Å². The second-order valence-electron chi connectivity index (χ2n) is 5.33. The number of rotatable bonds is 3. The molecule has 23 heavy (non-hydrogen) atoms. The van der Waals surface area contributed by atoms with Gasteiger partial charge in [-0.1, -0.05) is 30.3 Å². The van der Waals surface area contributed by atoms with Gasteiger partial charge >= 0.3 is 6.01 Å². The molecule has 0 N–H and O–H groups in total. The van der Waals surface area contributed by atoms with Gasteiger partial charge in [0.25, 0.3) is 0 Å². The van der Waals surface area contributed by atoms with Crippen molar-refractivity contribution < 1.29 is 4.74 Å². The number of nitrogens with zero attached hydrogens (tertiary/aromatic N) is 3. The summed E-state index contributed by atoms with van der Waals surface area (Å²) in [5.74, 6) is 0.727. The number of aryl methyl sites for hydroxylation is 1. The summed E-state index contributed by atoms with van der Waals surface area (Å²) < 4.78 is 7.74. The second kappa shape index (κ2) is 5.57. The summed E-state index contributed by atoms with van der Waals surface area (Å²) in [6.07, 6.45) is 5.65. The van der Waals surface area contributed by atoms with Crippen molar-refractivity contribution in [3.05, 3.63) is 73.2 Å². The van der Waals surface area contributed by atoms with E-state index in [1.54, 1.807) is 12.4 Å². The van der Waals surface area contributed by atoms with Gasteiger partial charge in [0.15, 0.2) is 0 Å². The highest BCUT2D eigenvalue weighted by Crippen LogP contribution is 2.29. The van der Waals surface area contributed by atoms with Crippen molar-refractivity contribution in [2.45, 2.75) is 0 Å². The third-order valence-corrected chi connectivity index (χ3v) is 3.82. The lowest BCUT2D eigenvalue weighted by atomic mass is 10.1. The summed E-state index contributed by atoms with van der Waals surface area (Å²) in [4.78, 5) is 8.65. The minimum Gasteiger partial charge on any atom is -0.424 e. The smallest absolute Gasteiger partial charge is 0.321 e. The molecule has 0 saturated heterocycles. The van der Waals surface area contributed by atoms with E-state index in [4.69, 9.17) is 4.74 Å². The fourth-order valence-electron chi connectivity index (χ4n) is 2.66. The zero-order chi connectivity index (χ0) is 15.6. The number of hydrogen-bond acceptors (Lipinski definition) is 3. The molecule has 0 aliphatic carbocycles. The average Bonchev–Trinajstić information content (AvgIpc) is 2.98. The minimum atomic E-state index is 0.347. The fraction of sp³-hybridized carbons (Fsp3) is 0.0526. The van der Waals surface area contributed by atoms with Crippen molar-refractivity contribution in [2.24, 2.45) is 7.05 Å². The Hall–Kier alpha value is -3.14. The standard InChI is InChI=1S/C19H15N3O/c1-22-11-10-17-16(8-5-9-18(17)22)14-12-20-19(21-13-14)23-15-6-3-2-4-7-15/h2-13H,1H3. The molecule has 2 aromatic heterocycles. The van der Waals surface area contributed by atoms with Crippen molar-refractivity contribution >= 4 is 10.9 Å². The third-order valence-electron chi connectivity index (χ3n) is 3.82. The van der Waals surface area contributed by atoms with Crippen LogP contribution in [0.4, 0.5) is 0 Å². The van der Waals surface area contributed by atoms with Gasteiger partial charge < -0.3 is 9.30 Å². The van der Waals surface area contributed by atoms with Gasteiger partial charge in [-0.15, -0.1) is 0 Å². The highest BCUT2D eigenvalue weighted by Gasteiger charge is 2.08. The van der Waals surface area contributed by atoms with Crippen molar-refractivity contribution in [2.75, 3.05) is 0 Å². The molecule has 4 nitrogen and oxygen atoms in total. The molecule has 0 aliphatic rings. The largest absolute Gasteiger partial charge is 0.424 e. The molecule has 0 unspecified atom stereocenters. The number of benzene rings is 2. The highest BCUT2D eigenvalue weighted by atomic mass is 16.5. The van der Waals surface area contributed by atoms with E-state index in [2.05, 4.69) is 38.9 Å². The van der Waals surface area contributed by atoms with Crippen LogP contribution in [0, 0.1) is 0 Å². The summed E-state index contributed by atoms with van der Waals surface area (Å²) in [6, 6.07) is 18.2. The maximum absolute atomic E-state index is 5.63. The van der Waals surface area contributed by atoms with Gasteiger partial charge in [-0.05, 0) is 29.8 Å². The van der Waals surface area contributed by atoms with Crippen LogP contribution in [0.3, 0.4) is 0 Å². The lowest BCUT2D eigenvalue weighted by Gasteiger charge is -2.06. The van der Waals surface area contributed by atoms with E-state index in [0.717, 1.165) is 16.9 Å². The van der Waals surface area contributed by atoms with E-state index in [0.29, 0.717) is 6.01 Å². The van der Waals surface area contributed by atoms with Crippen molar-refractivity contribution in [3.63, 3.8) is 0 Å². The molecule has 0 saturated carbocycles. The lowest BCUT2D eigenvalue weighted by molar-refractivity contribution is 0.442. The molecule has 4 heteroatoms. The number of hydrogen-bond donors (Lipinski definition) is 0. The van der Waals surface area contributed by atoms with Crippen LogP contribution in [0.25, 0.3) is 22.0 Å². The van der Waals surface area contributed by atoms with Crippen molar-refractivity contribution in [1.29, 1.82) is 0 Å². The van der Waals surface area contributed by atoms with Crippen LogP contribution in [0.2, 0.25) is 0 Å². The molecule has 4 aromatic rings. The van der Waals surface area contributed by atoms with Crippen molar-refractivity contribution in [1.82, 2.24) is 14.5 Å². The molecule has 0 bridgehead atoms. The van der Waals surface area contributed by atoms with Crippen LogP contribution in [0.5, 0.6) is 11.8 Å². The van der Waals surface area contributed by atoms with E-state index in [1.807, 2.05) is 43.4 Å². The predicted molar refractivity (Wildman–Crippen MR) is 90.5 cm³/mol. The quantitative estimate of drug-likeness (QED) is 0.562. The summed E-state index contributed by atoms with van der Waals surface area (Å²) in [7, 11) is 2.04. The van der Waals surface area contributed by atoms with Crippen molar-refractivity contribution in [3.8, 4) is 22.9 Å². The van der Waals surface area contributed by atoms with Crippen LogP contribution in [-0.4, -0.2) is 14.5 Å². The van der Waals surface area contributed by atoms with E-state index >= 15 is 0 Å². The molecule has 0 aliphatic heterocycles. The van der Waals surface area contributed by atoms with Crippen LogP contribution in [-0.2, 0) is 7.05 Å². The number of ether oxygens (including phenoxy) is 1. The molecule has 0 atom stereocenters. The maximum Gasteiger partial charge on any atom is 0.321 e. The van der Waals surface area contributed by atoms with Crippen LogP contribution < -0.4 is 4.74 Å². The topological polar surface area (TPSA) is 39.9 Å². The first kappa shape index (κ1) is 13.5. The highest BCUT2D eigenvalue weighted by molar-refractivity contribution is 5.95. The lowest BCUT2D eigenvalue weighted by Crippen LogP contribution is -1.92. The molecule has 112 valence electrons. The van der Waals surface area contributed by atoms with Gasteiger partial charge in [0, 0.05) is 42.1 Å². The summed E-state index contributed by atoms with van der Waals surface area (Å²) in [5, 5.41) is 1.19. The van der Waals surface area contributed by atoms with Gasteiger partial charge in [-0.3, -0.25) is 0 Å². The Labute approximate surface area is 134 Å². The van der Waals surface area contributed by atoms with Crippen LogP contribution in [0.15, 0.2) is 73.2 Å². The first-order valence-electron chi connectivity index (χ1n) is 7.40. The molecule has 0 radical (unpaired) electrons. The molecular weight excluding hydrogens is 286 g/mol. The predicted octanol–water partition coefficient (Wildman–Crippen LogP) is 4.43. The third kappa shape index (κ3) is 2.55. The van der Waals surface area contributed by atoms with Gasteiger partial charge in [0.1, 0.15) is 5.75 Å². The van der Waals surface area contributed by atoms with Gasteiger partial charge in [0.2, 0.25) is 0 Å². The molecule has 0 fully saturated rings. The minimum absolute atomic E-state index is 0.347.